The number of anilines is 2. The number of nitrogens with one attached hydrogen (secondary N) is 1. The van der Waals surface area contributed by atoms with Crippen LogP contribution in [0.3, 0.4) is 0 Å². The van der Waals surface area contributed by atoms with Crippen LogP contribution < -0.4 is 11.1 Å². The molecule has 0 saturated heterocycles. The van der Waals surface area contributed by atoms with Gasteiger partial charge in [-0.15, -0.1) is 0 Å². The summed E-state index contributed by atoms with van der Waals surface area (Å²) in [5.74, 6) is 1.45. The van der Waals surface area contributed by atoms with Gasteiger partial charge in [0.1, 0.15) is 5.82 Å². The molecule has 0 aromatic carbocycles. The summed E-state index contributed by atoms with van der Waals surface area (Å²) in [7, 11) is 1.88. The SMILES string of the molecule is CCCc1nn(C)c(NCCc2ncno2)c1N. The highest BCUT2D eigenvalue weighted by molar-refractivity contribution is 5.65. The first kappa shape index (κ1) is 12.4. The van der Waals surface area contributed by atoms with Crippen LogP contribution in [0.5, 0.6) is 0 Å². The normalized spacial score (nSPS) is 10.8. The molecule has 0 radical (unpaired) electrons. The Morgan fingerprint density at radius 1 is 1.44 bits per heavy atom. The van der Waals surface area contributed by atoms with E-state index in [1.54, 1.807) is 4.68 Å². The summed E-state index contributed by atoms with van der Waals surface area (Å²) < 4.78 is 6.69. The van der Waals surface area contributed by atoms with Gasteiger partial charge in [-0.2, -0.15) is 10.1 Å². The zero-order valence-corrected chi connectivity index (χ0v) is 10.7. The van der Waals surface area contributed by atoms with Crippen LogP contribution in [0, 0.1) is 0 Å². The molecule has 7 nitrogen and oxygen atoms in total. The summed E-state index contributed by atoms with van der Waals surface area (Å²) >= 11 is 0. The van der Waals surface area contributed by atoms with E-state index in [2.05, 4.69) is 27.5 Å². The van der Waals surface area contributed by atoms with Crippen LogP contribution in [-0.4, -0.2) is 26.5 Å². The van der Waals surface area contributed by atoms with Crippen molar-refractivity contribution in [1.29, 1.82) is 0 Å². The third-order valence-corrected chi connectivity index (χ3v) is 2.69. The van der Waals surface area contributed by atoms with Gasteiger partial charge in [0, 0.05) is 20.0 Å². The molecule has 0 aliphatic carbocycles. The minimum atomic E-state index is 0.608. The van der Waals surface area contributed by atoms with Gasteiger partial charge in [-0.05, 0) is 6.42 Å². The number of nitrogens with two attached hydrogens (primary N) is 1. The van der Waals surface area contributed by atoms with Crippen molar-refractivity contribution in [2.75, 3.05) is 17.6 Å². The van der Waals surface area contributed by atoms with Crippen molar-refractivity contribution >= 4 is 11.5 Å². The van der Waals surface area contributed by atoms with Crippen molar-refractivity contribution in [3.8, 4) is 0 Å². The molecule has 0 unspecified atom stereocenters. The fourth-order valence-electron chi connectivity index (χ4n) is 1.82. The first-order chi connectivity index (χ1) is 8.72. The lowest BCUT2D eigenvalue weighted by molar-refractivity contribution is 0.379. The predicted molar refractivity (Wildman–Crippen MR) is 68.1 cm³/mol. The summed E-state index contributed by atoms with van der Waals surface area (Å²) in [4.78, 5) is 3.96. The zero-order chi connectivity index (χ0) is 13.0. The van der Waals surface area contributed by atoms with Gasteiger partial charge in [-0.3, -0.25) is 4.68 Å². The zero-order valence-electron chi connectivity index (χ0n) is 10.7. The second kappa shape index (κ2) is 5.52. The number of nitrogen functional groups attached to an aromatic ring is 1. The van der Waals surface area contributed by atoms with Gasteiger partial charge >= 0.3 is 0 Å². The number of aromatic nitrogens is 4. The molecule has 2 heterocycles. The number of hydrogen-bond acceptors (Lipinski definition) is 6. The second-order valence-corrected chi connectivity index (χ2v) is 4.09. The lowest BCUT2D eigenvalue weighted by Gasteiger charge is -2.05. The largest absolute Gasteiger partial charge is 0.394 e. The maximum atomic E-state index is 6.05. The van der Waals surface area contributed by atoms with Crippen LogP contribution in [0.4, 0.5) is 11.5 Å². The van der Waals surface area contributed by atoms with E-state index in [1.165, 1.54) is 6.33 Å². The van der Waals surface area contributed by atoms with Crippen LogP contribution in [0.25, 0.3) is 0 Å². The topological polar surface area (TPSA) is 94.8 Å². The van der Waals surface area contributed by atoms with Crippen LogP contribution in [0.15, 0.2) is 10.9 Å². The lowest BCUT2D eigenvalue weighted by atomic mass is 10.2. The van der Waals surface area contributed by atoms with Gasteiger partial charge in [-0.25, -0.2) is 0 Å². The molecular formula is C11H18N6O. The summed E-state index contributed by atoms with van der Waals surface area (Å²) in [6.45, 7) is 2.79. The van der Waals surface area contributed by atoms with E-state index in [0.29, 0.717) is 18.9 Å². The van der Waals surface area contributed by atoms with E-state index >= 15 is 0 Å². The molecule has 0 aliphatic heterocycles. The Labute approximate surface area is 105 Å². The standard InChI is InChI=1S/C11H18N6O/c1-3-4-8-10(12)11(17(2)16-8)13-6-5-9-14-7-15-18-9/h7,13H,3-6,12H2,1-2H3. The highest BCUT2D eigenvalue weighted by Gasteiger charge is 2.12. The van der Waals surface area contributed by atoms with Crippen LogP contribution in [-0.2, 0) is 19.9 Å². The molecule has 3 N–H and O–H groups in total. The number of rotatable bonds is 6. The average molecular weight is 250 g/mol. The molecule has 2 rings (SSSR count). The molecule has 0 fully saturated rings. The summed E-state index contributed by atoms with van der Waals surface area (Å²) in [5.41, 5.74) is 7.72. The Balaban J connectivity index is 1.96. The molecule has 0 spiro atoms. The molecule has 0 aliphatic rings. The molecule has 0 bridgehead atoms. The molecule has 7 heteroatoms. The van der Waals surface area contributed by atoms with Gasteiger partial charge in [0.25, 0.3) is 0 Å². The quantitative estimate of drug-likeness (QED) is 0.794. The van der Waals surface area contributed by atoms with E-state index in [1.807, 2.05) is 7.05 Å². The average Bonchev–Trinajstić information content (AvgIpc) is 2.93. The fourth-order valence-corrected chi connectivity index (χ4v) is 1.82. The molecule has 2 aromatic heterocycles. The van der Waals surface area contributed by atoms with E-state index in [0.717, 1.165) is 30.0 Å². The third kappa shape index (κ3) is 2.61. The Morgan fingerprint density at radius 3 is 2.94 bits per heavy atom. The van der Waals surface area contributed by atoms with Gasteiger partial charge in [-0.1, -0.05) is 18.5 Å². The second-order valence-electron chi connectivity index (χ2n) is 4.09. The molecule has 18 heavy (non-hydrogen) atoms. The smallest absolute Gasteiger partial charge is 0.228 e. The lowest BCUT2D eigenvalue weighted by Crippen LogP contribution is -2.10. The van der Waals surface area contributed by atoms with E-state index in [9.17, 15) is 0 Å². The van der Waals surface area contributed by atoms with Crippen molar-refractivity contribution in [2.24, 2.45) is 7.05 Å². The van der Waals surface area contributed by atoms with Crippen molar-refractivity contribution in [3.05, 3.63) is 17.9 Å². The van der Waals surface area contributed by atoms with Gasteiger partial charge in [0.05, 0.1) is 11.4 Å². The molecule has 0 atom stereocenters. The first-order valence-corrected chi connectivity index (χ1v) is 6.03. The fraction of sp³-hybridized carbons (Fsp3) is 0.545. The van der Waals surface area contributed by atoms with Gasteiger partial charge < -0.3 is 15.6 Å². The van der Waals surface area contributed by atoms with E-state index < -0.39 is 0 Å². The molecule has 0 saturated carbocycles. The minimum Gasteiger partial charge on any atom is -0.394 e. The van der Waals surface area contributed by atoms with Crippen molar-refractivity contribution < 1.29 is 4.52 Å². The van der Waals surface area contributed by atoms with Crippen LogP contribution in [0.2, 0.25) is 0 Å². The van der Waals surface area contributed by atoms with Crippen molar-refractivity contribution in [1.82, 2.24) is 19.9 Å². The maximum absolute atomic E-state index is 6.05. The summed E-state index contributed by atoms with van der Waals surface area (Å²) in [6.07, 6.45) is 3.98. The van der Waals surface area contributed by atoms with E-state index in [-0.39, 0.29) is 0 Å². The highest BCUT2D eigenvalue weighted by Crippen LogP contribution is 2.22. The van der Waals surface area contributed by atoms with Crippen molar-refractivity contribution in [3.63, 3.8) is 0 Å². The monoisotopic (exact) mass is 250 g/mol. The van der Waals surface area contributed by atoms with Crippen LogP contribution in [0.1, 0.15) is 24.9 Å². The number of hydrogen-bond donors (Lipinski definition) is 2. The van der Waals surface area contributed by atoms with E-state index in [4.69, 9.17) is 10.3 Å². The molecule has 2 aromatic rings. The third-order valence-electron chi connectivity index (χ3n) is 2.69. The summed E-state index contributed by atoms with van der Waals surface area (Å²) in [5, 5.41) is 11.2. The molecule has 0 amide bonds. The maximum Gasteiger partial charge on any atom is 0.228 e. The van der Waals surface area contributed by atoms with Crippen LogP contribution >= 0.6 is 0 Å². The minimum absolute atomic E-state index is 0.608. The number of aryl methyl sites for hydroxylation is 2. The Morgan fingerprint density at radius 2 is 2.28 bits per heavy atom. The molecular weight excluding hydrogens is 232 g/mol. The Kier molecular flexibility index (Phi) is 3.81. The van der Waals surface area contributed by atoms with Gasteiger partial charge in [0.15, 0.2) is 6.33 Å². The predicted octanol–water partition coefficient (Wildman–Crippen LogP) is 0.992. The van der Waals surface area contributed by atoms with Crippen molar-refractivity contribution in [2.45, 2.75) is 26.2 Å². The first-order valence-electron chi connectivity index (χ1n) is 6.03. The Hall–Kier alpha value is -2.05. The number of nitrogens with zero attached hydrogens (tertiary/aromatic N) is 4. The Bertz CT molecular complexity index is 490. The summed E-state index contributed by atoms with van der Waals surface area (Å²) in [6, 6.07) is 0. The highest BCUT2D eigenvalue weighted by atomic mass is 16.5. The van der Waals surface area contributed by atoms with Gasteiger partial charge in [0.2, 0.25) is 5.89 Å². The molecule has 98 valence electrons.